The van der Waals surface area contributed by atoms with Gasteiger partial charge in [0, 0.05) is 5.56 Å². The van der Waals surface area contributed by atoms with Gasteiger partial charge < -0.3 is 0 Å². The second kappa shape index (κ2) is 6.95. The maximum Gasteiger partial charge on any atom is 0.546 e. The van der Waals surface area contributed by atoms with E-state index in [4.69, 9.17) is 4.89 Å². The van der Waals surface area contributed by atoms with Gasteiger partial charge in [-0.3, -0.25) is 0 Å². The molecule has 0 aliphatic heterocycles. The minimum absolute atomic E-state index is 0.525. The van der Waals surface area contributed by atoms with Crippen LogP contribution in [0.5, 0.6) is 0 Å². The van der Waals surface area contributed by atoms with Crippen molar-refractivity contribution in [2.24, 2.45) is 0 Å². The van der Waals surface area contributed by atoms with Gasteiger partial charge >= 0.3 is 8.03 Å². The molecule has 3 heteroatoms. The lowest BCUT2D eigenvalue weighted by Gasteiger charge is -1.87. The highest BCUT2D eigenvalue weighted by Crippen LogP contribution is 2.14. The molecule has 0 spiro atoms. The molecule has 0 aliphatic rings. The average Bonchev–Trinajstić information content (AvgIpc) is 2.31. The molecule has 0 saturated carbocycles. The van der Waals surface area contributed by atoms with E-state index in [-0.39, 0.29) is 0 Å². The summed E-state index contributed by atoms with van der Waals surface area (Å²) < 4.78 is 10.6. The summed E-state index contributed by atoms with van der Waals surface area (Å²) in [6, 6.07) is 17.3. The van der Waals surface area contributed by atoms with Crippen LogP contribution < -0.4 is 5.30 Å². The first-order valence-electron chi connectivity index (χ1n) is 5.34. The predicted molar refractivity (Wildman–Crippen MR) is 71.8 cm³/mol. The zero-order valence-corrected chi connectivity index (χ0v) is 10.9. The summed E-state index contributed by atoms with van der Waals surface area (Å²) in [6.45, 7) is 3.90. The van der Waals surface area contributed by atoms with Crippen molar-refractivity contribution in [1.29, 1.82) is 0 Å². The number of aryl methyl sites for hydroxylation is 2. The smallest absolute Gasteiger partial charge is 0.156 e. The topological polar surface area (TPSA) is 37.3 Å². The zero-order valence-electron chi connectivity index (χ0n) is 10.00. The van der Waals surface area contributed by atoms with E-state index >= 15 is 0 Å². The summed E-state index contributed by atoms with van der Waals surface area (Å²) in [5.74, 6) is 0. The summed E-state index contributed by atoms with van der Waals surface area (Å²) >= 11 is 0. The molecule has 0 heterocycles. The predicted octanol–water partition coefficient (Wildman–Crippen LogP) is 3.35. The molecule has 88 valence electrons. The van der Waals surface area contributed by atoms with Gasteiger partial charge in [-0.25, -0.2) is 0 Å². The van der Waals surface area contributed by atoms with E-state index < -0.39 is 8.03 Å². The summed E-state index contributed by atoms with van der Waals surface area (Å²) in [4.78, 5) is 8.71. The number of rotatable bonds is 1. The quantitative estimate of drug-likeness (QED) is 0.784. The van der Waals surface area contributed by atoms with Crippen molar-refractivity contribution in [2.45, 2.75) is 13.8 Å². The van der Waals surface area contributed by atoms with Crippen LogP contribution >= 0.6 is 8.03 Å². The first-order valence-corrected chi connectivity index (χ1v) is 6.56. The standard InChI is InChI=1S/C7H7O2P.C7H8/c1-6-4-2-3-5-7(6)10(8)9;1-7-5-3-2-4-6-7/h2-5H,1H3;2-6H,1H3/p+1. The molecule has 0 saturated heterocycles. The van der Waals surface area contributed by atoms with Crippen LogP contribution in [0.1, 0.15) is 11.1 Å². The molecule has 0 bridgehead atoms. The third-order valence-electron chi connectivity index (χ3n) is 2.26. The fraction of sp³-hybridized carbons (Fsp3) is 0.143. The van der Waals surface area contributed by atoms with Crippen LogP contribution in [0.2, 0.25) is 0 Å². The Morgan fingerprint density at radius 1 is 0.882 bits per heavy atom. The van der Waals surface area contributed by atoms with Crippen molar-refractivity contribution < 1.29 is 9.46 Å². The number of hydrogen-bond donors (Lipinski definition) is 1. The third-order valence-corrected chi connectivity index (χ3v) is 3.18. The van der Waals surface area contributed by atoms with Crippen molar-refractivity contribution in [3.05, 3.63) is 65.7 Å². The molecule has 2 aromatic carbocycles. The molecule has 1 N–H and O–H groups in total. The molecular formula is C14H16O2P+. The first-order chi connectivity index (χ1) is 8.11. The van der Waals surface area contributed by atoms with Crippen LogP contribution in [0.3, 0.4) is 0 Å². The molecule has 17 heavy (non-hydrogen) atoms. The monoisotopic (exact) mass is 247 g/mol. The molecule has 0 aliphatic carbocycles. The Hall–Kier alpha value is -1.50. The van der Waals surface area contributed by atoms with Crippen molar-refractivity contribution in [1.82, 2.24) is 0 Å². The lowest BCUT2D eigenvalue weighted by atomic mass is 10.2. The van der Waals surface area contributed by atoms with E-state index in [1.165, 1.54) is 5.56 Å². The molecule has 2 rings (SSSR count). The summed E-state index contributed by atoms with van der Waals surface area (Å²) in [5, 5.41) is 0.525. The van der Waals surface area contributed by atoms with Gasteiger partial charge in [-0.2, -0.15) is 4.89 Å². The molecule has 0 radical (unpaired) electrons. The molecule has 1 atom stereocenters. The highest BCUT2D eigenvalue weighted by Gasteiger charge is 2.17. The van der Waals surface area contributed by atoms with E-state index in [1.807, 2.05) is 37.3 Å². The SMILES string of the molecule is Cc1ccccc1.Cc1ccccc1[P+](=O)O. The Labute approximate surface area is 103 Å². The molecule has 2 aromatic rings. The Kier molecular flexibility index (Phi) is 5.55. The minimum Gasteiger partial charge on any atom is -0.156 e. The minimum atomic E-state index is -2.17. The molecule has 1 unspecified atom stereocenters. The van der Waals surface area contributed by atoms with Crippen LogP contribution in [0.15, 0.2) is 54.6 Å². The lowest BCUT2D eigenvalue weighted by Crippen LogP contribution is -1.99. The van der Waals surface area contributed by atoms with Gasteiger partial charge in [0.2, 0.25) is 5.30 Å². The molecule has 0 aromatic heterocycles. The Bertz CT molecular complexity index is 481. The van der Waals surface area contributed by atoms with Gasteiger partial charge in [0.25, 0.3) is 0 Å². The van der Waals surface area contributed by atoms with Gasteiger partial charge in [-0.05, 0) is 24.5 Å². The van der Waals surface area contributed by atoms with Crippen LogP contribution in [0.4, 0.5) is 0 Å². The molecule has 2 nitrogen and oxygen atoms in total. The zero-order chi connectivity index (χ0) is 12.7. The molecule has 0 fully saturated rings. The van der Waals surface area contributed by atoms with Gasteiger partial charge in [-0.1, -0.05) is 54.1 Å². The van der Waals surface area contributed by atoms with E-state index in [0.717, 1.165) is 5.56 Å². The van der Waals surface area contributed by atoms with Gasteiger partial charge in [0.05, 0.1) is 0 Å². The largest absolute Gasteiger partial charge is 0.546 e. The Morgan fingerprint density at radius 3 is 1.76 bits per heavy atom. The normalized spacial score (nSPS) is 10.2. The van der Waals surface area contributed by atoms with Crippen molar-refractivity contribution >= 4 is 13.3 Å². The maximum absolute atomic E-state index is 10.6. The Morgan fingerprint density at radius 2 is 1.41 bits per heavy atom. The highest BCUT2D eigenvalue weighted by atomic mass is 31.1. The van der Waals surface area contributed by atoms with E-state index in [1.54, 1.807) is 12.1 Å². The van der Waals surface area contributed by atoms with Gasteiger partial charge in [0.1, 0.15) is 0 Å². The number of hydrogen-bond acceptors (Lipinski definition) is 1. The van der Waals surface area contributed by atoms with Crippen molar-refractivity contribution in [3.63, 3.8) is 0 Å². The summed E-state index contributed by atoms with van der Waals surface area (Å²) in [6.07, 6.45) is 0. The fourth-order valence-corrected chi connectivity index (χ4v) is 1.90. The van der Waals surface area contributed by atoms with Crippen LogP contribution in [-0.4, -0.2) is 4.89 Å². The first kappa shape index (κ1) is 13.6. The van der Waals surface area contributed by atoms with E-state index in [0.29, 0.717) is 5.30 Å². The number of benzene rings is 2. The summed E-state index contributed by atoms with van der Waals surface area (Å²) in [7, 11) is -2.17. The van der Waals surface area contributed by atoms with Gasteiger partial charge in [-0.15, -0.1) is 0 Å². The molecule has 0 amide bonds. The van der Waals surface area contributed by atoms with E-state index in [2.05, 4.69) is 19.1 Å². The average molecular weight is 247 g/mol. The highest BCUT2D eigenvalue weighted by molar-refractivity contribution is 7.47. The van der Waals surface area contributed by atoms with Crippen LogP contribution in [0.25, 0.3) is 0 Å². The van der Waals surface area contributed by atoms with E-state index in [9.17, 15) is 4.57 Å². The fourth-order valence-electron chi connectivity index (χ4n) is 1.31. The Balaban J connectivity index is 0.000000181. The lowest BCUT2D eigenvalue weighted by molar-refractivity contribution is 0.513. The summed E-state index contributed by atoms with van der Waals surface area (Å²) in [5.41, 5.74) is 2.19. The third kappa shape index (κ3) is 4.90. The van der Waals surface area contributed by atoms with Crippen molar-refractivity contribution in [2.75, 3.05) is 0 Å². The second-order valence-corrected chi connectivity index (χ2v) is 4.74. The van der Waals surface area contributed by atoms with Crippen LogP contribution in [-0.2, 0) is 4.57 Å². The van der Waals surface area contributed by atoms with Crippen LogP contribution in [0, 0.1) is 13.8 Å². The molecular weight excluding hydrogens is 231 g/mol. The van der Waals surface area contributed by atoms with Crippen molar-refractivity contribution in [3.8, 4) is 0 Å². The second-order valence-electron chi connectivity index (χ2n) is 3.71. The maximum atomic E-state index is 10.6. The van der Waals surface area contributed by atoms with Gasteiger partial charge in [0.15, 0.2) is 0 Å².